The summed E-state index contributed by atoms with van der Waals surface area (Å²) in [4.78, 5) is 19.0. The van der Waals surface area contributed by atoms with E-state index >= 15 is 0 Å². The summed E-state index contributed by atoms with van der Waals surface area (Å²) in [5, 5.41) is 3.86. The van der Waals surface area contributed by atoms with Crippen molar-refractivity contribution < 1.29 is 0 Å². The van der Waals surface area contributed by atoms with Gasteiger partial charge in [-0.3, -0.25) is 19.1 Å². The van der Waals surface area contributed by atoms with E-state index in [1.165, 1.54) is 45.8 Å². The Bertz CT molecular complexity index is 2330. The maximum Gasteiger partial charge on any atom is 0.138 e. The second-order valence-electron chi connectivity index (χ2n) is 11.4. The van der Waals surface area contributed by atoms with Crippen molar-refractivity contribution in [3.05, 3.63) is 133 Å². The van der Waals surface area contributed by atoms with E-state index in [4.69, 9.17) is 9.97 Å². The van der Waals surface area contributed by atoms with Gasteiger partial charge in [-0.15, -0.1) is 0 Å². The molecule has 0 aliphatic heterocycles. The quantitative estimate of drug-likeness (QED) is 0.214. The Balaban J connectivity index is 1.33. The molecule has 0 atom stereocenters. The van der Waals surface area contributed by atoms with Gasteiger partial charge in [-0.25, -0.2) is 9.97 Å². The van der Waals surface area contributed by atoms with E-state index < -0.39 is 0 Å². The molecule has 6 aromatic heterocycles. The second kappa shape index (κ2) is 9.99. The lowest BCUT2D eigenvalue weighted by Crippen LogP contribution is -2.08. The van der Waals surface area contributed by atoms with Crippen LogP contribution in [-0.2, 0) is 12.8 Å². The number of fused-ring (bicyclic) bond motifs is 7. The molecule has 6 heterocycles. The van der Waals surface area contributed by atoms with Crippen LogP contribution in [0.5, 0.6) is 0 Å². The zero-order valence-electron chi connectivity index (χ0n) is 24.1. The van der Waals surface area contributed by atoms with Crippen LogP contribution in [0.4, 0.5) is 0 Å². The average molecular weight is 569 g/mol. The molecule has 0 radical (unpaired) electrons. The number of nitrogens with zero attached hydrogens (tertiary/aromatic N) is 6. The maximum atomic E-state index is 5.18. The summed E-state index contributed by atoms with van der Waals surface area (Å²) in [7, 11) is 0. The lowest BCUT2D eigenvalue weighted by atomic mass is 9.94. The summed E-state index contributed by atoms with van der Waals surface area (Å²) in [6.45, 7) is 0. The van der Waals surface area contributed by atoms with E-state index in [1.807, 2.05) is 24.5 Å². The van der Waals surface area contributed by atoms with Crippen molar-refractivity contribution in [1.82, 2.24) is 29.1 Å². The van der Waals surface area contributed by atoms with E-state index in [0.29, 0.717) is 0 Å². The summed E-state index contributed by atoms with van der Waals surface area (Å²) in [6.07, 6.45) is 11.8. The smallest absolute Gasteiger partial charge is 0.138 e. The largest absolute Gasteiger partial charge is 0.298 e. The molecule has 0 spiro atoms. The lowest BCUT2D eigenvalue weighted by Gasteiger charge is -2.16. The zero-order valence-corrected chi connectivity index (χ0v) is 24.1. The Morgan fingerprint density at radius 2 is 1.14 bits per heavy atom. The summed E-state index contributed by atoms with van der Waals surface area (Å²) < 4.78 is 4.73. The molecule has 0 bridgehead atoms. The molecular weight excluding hydrogens is 540 g/mol. The summed E-state index contributed by atoms with van der Waals surface area (Å²) in [5.41, 5.74) is 10.2. The van der Waals surface area contributed by atoms with Gasteiger partial charge in [-0.05, 0) is 98.0 Å². The van der Waals surface area contributed by atoms with Gasteiger partial charge in [-0.1, -0.05) is 30.3 Å². The average Bonchev–Trinajstić information content (AvgIpc) is 3.62. The second-order valence-corrected chi connectivity index (χ2v) is 11.4. The van der Waals surface area contributed by atoms with Gasteiger partial charge < -0.3 is 0 Å². The molecule has 2 aromatic carbocycles. The van der Waals surface area contributed by atoms with E-state index in [2.05, 4.69) is 104 Å². The van der Waals surface area contributed by atoms with Crippen molar-refractivity contribution >= 4 is 32.7 Å². The molecule has 6 nitrogen and oxygen atoms in total. The first-order valence-electron chi connectivity index (χ1n) is 15.2. The van der Waals surface area contributed by atoms with Crippen LogP contribution in [0.15, 0.2) is 122 Å². The van der Waals surface area contributed by atoms with E-state index in [9.17, 15) is 0 Å². The van der Waals surface area contributed by atoms with E-state index in [1.54, 1.807) is 12.4 Å². The standard InChI is InChI=1S/C38H28N6/c1-3-15-31-27(11-1)37-33(43(31)35-17-5-13-29(41-35)25-9-7-21-39-23-25)19-20-34-38(37)28-12-2-4-16-32(28)44(34)36-18-6-14-30(42-36)26-10-8-22-40-24-26/h1,3,5-11,13-15,17-24H,2,4,12,16H2. The van der Waals surface area contributed by atoms with Crippen LogP contribution in [-0.4, -0.2) is 29.1 Å². The van der Waals surface area contributed by atoms with Gasteiger partial charge >= 0.3 is 0 Å². The van der Waals surface area contributed by atoms with Crippen LogP contribution in [0.25, 0.3) is 66.9 Å². The van der Waals surface area contributed by atoms with Crippen molar-refractivity contribution in [2.24, 2.45) is 0 Å². The highest BCUT2D eigenvalue weighted by Crippen LogP contribution is 2.43. The van der Waals surface area contributed by atoms with Crippen molar-refractivity contribution in [3.63, 3.8) is 0 Å². The van der Waals surface area contributed by atoms with Crippen LogP contribution in [0, 0.1) is 0 Å². The van der Waals surface area contributed by atoms with Gasteiger partial charge in [0.25, 0.3) is 0 Å². The fourth-order valence-electron chi connectivity index (χ4n) is 7.05. The van der Waals surface area contributed by atoms with Crippen LogP contribution in [0.2, 0.25) is 0 Å². The molecule has 44 heavy (non-hydrogen) atoms. The van der Waals surface area contributed by atoms with Crippen molar-refractivity contribution in [2.45, 2.75) is 25.7 Å². The van der Waals surface area contributed by atoms with Crippen LogP contribution >= 0.6 is 0 Å². The highest BCUT2D eigenvalue weighted by atomic mass is 15.1. The Hall–Kier alpha value is -5.62. The molecule has 0 fully saturated rings. The predicted octanol–water partition coefficient (Wildman–Crippen LogP) is 8.52. The summed E-state index contributed by atoms with van der Waals surface area (Å²) >= 11 is 0. The normalized spacial score (nSPS) is 13.1. The minimum Gasteiger partial charge on any atom is -0.298 e. The molecule has 210 valence electrons. The minimum absolute atomic E-state index is 0.899. The SMILES string of the molecule is c1cncc(-c2cccc(-n3c4c(c5c6c7ccccc7n(-c7cccc(-c8cccnc8)n7)c6ccc53)CCCC4)n2)c1. The molecule has 6 heteroatoms. The molecule has 8 aromatic rings. The van der Waals surface area contributed by atoms with Gasteiger partial charge in [0.1, 0.15) is 11.6 Å². The topological polar surface area (TPSA) is 61.4 Å². The fourth-order valence-corrected chi connectivity index (χ4v) is 7.05. The van der Waals surface area contributed by atoms with Crippen LogP contribution in [0.1, 0.15) is 24.1 Å². The highest BCUT2D eigenvalue weighted by molar-refractivity contribution is 6.22. The van der Waals surface area contributed by atoms with Crippen LogP contribution in [0.3, 0.4) is 0 Å². The van der Waals surface area contributed by atoms with Gasteiger partial charge in [0.2, 0.25) is 0 Å². The number of para-hydroxylation sites is 1. The third-order valence-corrected chi connectivity index (χ3v) is 8.91. The molecule has 0 N–H and O–H groups in total. The molecule has 0 amide bonds. The lowest BCUT2D eigenvalue weighted by molar-refractivity contribution is 0.665. The third-order valence-electron chi connectivity index (χ3n) is 8.91. The Morgan fingerprint density at radius 3 is 1.82 bits per heavy atom. The number of aromatic nitrogens is 6. The number of hydrogen-bond acceptors (Lipinski definition) is 4. The zero-order chi connectivity index (χ0) is 29.0. The molecule has 9 rings (SSSR count). The first kappa shape index (κ1) is 24.9. The first-order valence-corrected chi connectivity index (χ1v) is 15.2. The molecule has 1 aliphatic rings. The van der Waals surface area contributed by atoms with Gasteiger partial charge in [0.15, 0.2) is 0 Å². The third kappa shape index (κ3) is 3.81. The molecule has 0 saturated carbocycles. The molecule has 0 unspecified atom stereocenters. The Kier molecular flexibility index (Phi) is 5.66. The fraction of sp³-hybridized carbons (Fsp3) is 0.105. The Labute approximate surface area is 254 Å². The van der Waals surface area contributed by atoms with Gasteiger partial charge in [-0.2, -0.15) is 0 Å². The van der Waals surface area contributed by atoms with Gasteiger partial charge in [0, 0.05) is 57.8 Å². The number of benzene rings is 2. The number of hydrogen-bond donors (Lipinski definition) is 0. The summed E-state index contributed by atoms with van der Waals surface area (Å²) in [6, 6.07) is 33.9. The molecular formula is C38H28N6. The molecule has 0 saturated heterocycles. The summed E-state index contributed by atoms with van der Waals surface area (Å²) in [5.74, 6) is 1.85. The Morgan fingerprint density at radius 1 is 0.500 bits per heavy atom. The van der Waals surface area contributed by atoms with Gasteiger partial charge in [0.05, 0.1) is 27.9 Å². The molecule has 1 aliphatic carbocycles. The number of pyridine rings is 4. The minimum atomic E-state index is 0.899. The number of aryl methyl sites for hydroxylation is 1. The monoisotopic (exact) mass is 568 g/mol. The first-order chi connectivity index (χ1) is 21.8. The predicted molar refractivity (Wildman–Crippen MR) is 176 cm³/mol. The number of rotatable bonds is 4. The van der Waals surface area contributed by atoms with E-state index in [0.717, 1.165) is 58.0 Å². The van der Waals surface area contributed by atoms with Crippen molar-refractivity contribution in [1.29, 1.82) is 0 Å². The van der Waals surface area contributed by atoms with Crippen LogP contribution < -0.4 is 0 Å². The van der Waals surface area contributed by atoms with Crippen molar-refractivity contribution in [2.75, 3.05) is 0 Å². The maximum absolute atomic E-state index is 5.18. The van der Waals surface area contributed by atoms with E-state index in [-0.39, 0.29) is 0 Å². The highest BCUT2D eigenvalue weighted by Gasteiger charge is 2.26. The van der Waals surface area contributed by atoms with Crippen molar-refractivity contribution in [3.8, 4) is 34.2 Å².